The van der Waals surface area contributed by atoms with Crippen molar-refractivity contribution in [3.8, 4) is 11.6 Å². The number of nitrogens with zero attached hydrogens (tertiary/aromatic N) is 3. The van der Waals surface area contributed by atoms with E-state index in [1.165, 1.54) is 0 Å². The van der Waals surface area contributed by atoms with Crippen molar-refractivity contribution in [3.63, 3.8) is 0 Å². The average Bonchev–Trinajstić information content (AvgIpc) is 3.21. The van der Waals surface area contributed by atoms with Gasteiger partial charge in [0, 0.05) is 31.5 Å². The summed E-state index contributed by atoms with van der Waals surface area (Å²) in [6, 6.07) is 9.01. The fourth-order valence-electron chi connectivity index (χ4n) is 2.99. The lowest BCUT2D eigenvalue weighted by Gasteiger charge is -2.13. The van der Waals surface area contributed by atoms with Gasteiger partial charge in [-0.05, 0) is 56.2 Å². The molecule has 0 aliphatic carbocycles. The number of sulfonamides is 1. The predicted molar refractivity (Wildman–Crippen MR) is 112 cm³/mol. The molecule has 154 valence electrons. The molecule has 2 heterocycles. The monoisotopic (exact) mass is 415 g/mol. The Hall–Kier alpha value is -2.91. The maximum absolute atomic E-state index is 12.7. The summed E-state index contributed by atoms with van der Waals surface area (Å²) in [6.45, 7) is 5.99. The second-order valence-electron chi connectivity index (χ2n) is 6.66. The van der Waals surface area contributed by atoms with E-state index in [4.69, 9.17) is 4.74 Å². The van der Waals surface area contributed by atoms with Crippen LogP contribution in [0.4, 0.5) is 5.82 Å². The van der Waals surface area contributed by atoms with Gasteiger partial charge in [0.25, 0.3) is 0 Å². The average molecular weight is 416 g/mol. The van der Waals surface area contributed by atoms with Crippen LogP contribution in [-0.2, 0) is 10.0 Å². The van der Waals surface area contributed by atoms with E-state index in [2.05, 4.69) is 20.0 Å². The first-order chi connectivity index (χ1) is 13.8. The Bertz CT molecular complexity index is 1100. The Balaban J connectivity index is 1.64. The molecule has 0 saturated carbocycles. The fourth-order valence-corrected chi connectivity index (χ4v) is 4.33. The Labute approximate surface area is 171 Å². The number of rotatable bonds is 8. The highest BCUT2D eigenvalue weighted by Gasteiger charge is 2.18. The number of aromatic nitrogens is 3. The third-order valence-electron chi connectivity index (χ3n) is 4.40. The SMILES string of the molecule is COc1cc(C)c(S(=O)(=O)NCCNc2cc(-n3cccc3)nc(C)n2)cc1C. The zero-order valence-corrected chi connectivity index (χ0v) is 17.7. The molecule has 29 heavy (non-hydrogen) atoms. The van der Waals surface area contributed by atoms with Gasteiger partial charge in [-0.25, -0.2) is 23.1 Å². The van der Waals surface area contributed by atoms with Crippen molar-refractivity contribution in [2.45, 2.75) is 25.7 Å². The van der Waals surface area contributed by atoms with Crippen molar-refractivity contribution in [2.24, 2.45) is 0 Å². The normalized spacial score (nSPS) is 11.4. The number of hydrogen-bond acceptors (Lipinski definition) is 6. The van der Waals surface area contributed by atoms with Crippen LogP contribution in [0, 0.1) is 20.8 Å². The molecule has 0 saturated heterocycles. The fraction of sp³-hybridized carbons (Fsp3) is 0.300. The van der Waals surface area contributed by atoms with Crippen molar-refractivity contribution >= 4 is 15.8 Å². The summed E-state index contributed by atoms with van der Waals surface area (Å²) in [5.74, 6) is 2.68. The number of hydrogen-bond donors (Lipinski definition) is 2. The largest absolute Gasteiger partial charge is 0.496 e. The first-order valence-electron chi connectivity index (χ1n) is 9.18. The van der Waals surface area contributed by atoms with Gasteiger partial charge in [-0.3, -0.25) is 0 Å². The van der Waals surface area contributed by atoms with E-state index in [1.54, 1.807) is 26.2 Å². The first-order valence-corrected chi connectivity index (χ1v) is 10.7. The Morgan fingerprint density at radius 2 is 1.72 bits per heavy atom. The van der Waals surface area contributed by atoms with Crippen molar-refractivity contribution in [1.29, 1.82) is 0 Å². The van der Waals surface area contributed by atoms with Crippen molar-refractivity contribution < 1.29 is 13.2 Å². The van der Waals surface area contributed by atoms with Crippen LogP contribution in [0.1, 0.15) is 17.0 Å². The molecule has 0 spiro atoms. The summed E-state index contributed by atoms with van der Waals surface area (Å²) in [7, 11) is -2.06. The van der Waals surface area contributed by atoms with Crippen LogP contribution in [-0.4, -0.2) is 43.2 Å². The van der Waals surface area contributed by atoms with Crippen molar-refractivity contribution in [1.82, 2.24) is 19.3 Å². The maximum Gasteiger partial charge on any atom is 0.240 e. The predicted octanol–water partition coefficient (Wildman–Crippen LogP) is 2.59. The van der Waals surface area contributed by atoms with Crippen molar-refractivity contribution in [2.75, 3.05) is 25.5 Å². The lowest BCUT2D eigenvalue weighted by atomic mass is 10.1. The molecule has 0 atom stereocenters. The first kappa shape index (κ1) is 20.8. The van der Waals surface area contributed by atoms with Gasteiger partial charge in [0.15, 0.2) is 0 Å². The molecule has 2 aromatic heterocycles. The summed E-state index contributed by atoms with van der Waals surface area (Å²) in [6.07, 6.45) is 3.80. The molecule has 1 aromatic carbocycles. The minimum atomic E-state index is -3.63. The molecule has 3 rings (SSSR count). The Morgan fingerprint density at radius 3 is 2.41 bits per heavy atom. The highest BCUT2D eigenvalue weighted by atomic mass is 32.2. The molecule has 9 heteroatoms. The summed E-state index contributed by atoms with van der Waals surface area (Å²) in [5.41, 5.74) is 1.40. The van der Waals surface area contributed by atoms with E-state index in [-0.39, 0.29) is 11.4 Å². The Kier molecular flexibility index (Phi) is 6.19. The molecule has 0 bridgehead atoms. The Morgan fingerprint density at radius 1 is 1.00 bits per heavy atom. The second kappa shape index (κ2) is 8.62. The van der Waals surface area contributed by atoms with Crippen LogP contribution >= 0.6 is 0 Å². The maximum atomic E-state index is 12.7. The van der Waals surface area contributed by atoms with Gasteiger partial charge < -0.3 is 14.6 Å². The lowest BCUT2D eigenvalue weighted by Crippen LogP contribution is -2.29. The summed E-state index contributed by atoms with van der Waals surface area (Å²) < 4.78 is 35.1. The number of ether oxygens (including phenoxy) is 1. The van der Waals surface area contributed by atoms with E-state index in [0.717, 1.165) is 11.4 Å². The highest BCUT2D eigenvalue weighted by molar-refractivity contribution is 7.89. The standard InChI is InChI=1S/C20H25N5O3S/c1-14-12-18(15(2)11-17(14)28-4)29(26,27)22-8-7-21-19-13-20(24-16(3)23-19)25-9-5-6-10-25/h5-6,9-13,22H,7-8H2,1-4H3,(H,21,23,24). The van der Waals surface area contributed by atoms with Crippen LogP contribution < -0.4 is 14.8 Å². The summed E-state index contributed by atoms with van der Waals surface area (Å²) in [4.78, 5) is 9.01. The molecule has 0 unspecified atom stereocenters. The minimum absolute atomic E-state index is 0.217. The van der Waals surface area contributed by atoms with Crippen LogP contribution in [0.2, 0.25) is 0 Å². The van der Waals surface area contributed by atoms with E-state index in [1.807, 2.05) is 49.0 Å². The number of anilines is 1. The minimum Gasteiger partial charge on any atom is -0.496 e. The van der Waals surface area contributed by atoms with Gasteiger partial charge in [0.2, 0.25) is 10.0 Å². The molecular formula is C20H25N5O3S. The quantitative estimate of drug-likeness (QED) is 0.549. The molecule has 0 amide bonds. The van der Waals surface area contributed by atoms with E-state index >= 15 is 0 Å². The molecule has 0 radical (unpaired) electrons. The molecule has 0 aliphatic rings. The van der Waals surface area contributed by atoms with Crippen LogP contribution in [0.3, 0.4) is 0 Å². The van der Waals surface area contributed by atoms with E-state index in [9.17, 15) is 8.42 Å². The molecule has 3 aromatic rings. The van der Waals surface area contributed by atoms with Gasteiger partial charge in [-0.2, -0.15) is 0 Å². The number of benzene rings is 1. The van der Waals surface area contributed by atoms with Crippen LogP contribution in [0.5, 0.6) is 5.75 Å². The van der Waals surface area contributed by atoms with Gasteiger partial charge in [0.1, 0.15) is 23.2 Å². The zero-order chi connectivity index (χ0) is 21.0. The molecule has 0 fully saturated rings. The van der Waals surface area contributed by atoms with Gasteiger partial charge >= 0.3 is 0 Å². The topological polar surface area (TPSA) is 98.1 Å². The van der Waals surface area contributed by atoms with E-state index < -0.39 is 10.0 Å². The number of aryl methyl sites for hydroxylation is 3. The summed E-state index contributed by atoms with van der Waals surface area (Å²) >= 11 is 0. The molecule has 0 aliphatic heterocycles. The van der Waals surface area contributed by atoms with Crippen LogP contribution in [0.15, 0.2) is 47.6 Å². The third-order valence-corrected chi connectivity index (χ3v) is 6.00. The van der Waals surface area contributed by atoms with Gasteiger partial charge in [-0.1, -0.05) is 0 Å². The zero-order valence-electron chi connectivity index (χ0n) is 16.9. The van der Waals surface area contributed by atoms with E-state index in [0.29, 0.717) is 29.5 Å². The second-order valence-corrected chi connectivity index (χ2v) is 8.40. The third kappa shape index (κ3) is 4.93. The van der Waals surface area contributed by atoms with Gasteiger partial charge in [-0.15, -0.1) is 0 Å². The highest BCUT2D eigenvalue weighted by Crippen LogP contribution is 2.25. The van der Waals surface area contributed by atoms with Crippen molar-refractivity contribution in [3.05, 3.63) is 59.7 Å². The smallest absolute Gasteiger partial charge is 0.240 e. The molecule has 8 nitrogen and oxygen atoms in total. The summed E-state index contributed by atoms with van der Waals surface area (Å²) in [5, 5.41) is 3.14. The number of nitrogens with one attached hydrogen (secondary N) is 2. The molecular weight excluding hydrogens is 390 g/mol. The number of methoxy groups -OCH3 is 1. The molecule has 2 N–H and O–H groups in total. The van der Waals surface area contributed by atoms with Gasteiger partial charge in [0.05, 0.1) is 12.0 Å². The lowest BCUT2D eigenvalue weighted by molar-refractivity contribution is 0.411. The van der Waals surface area contributed by atoms with Crippen LogP contribution in [0.25, 0.3) is 5.82 Å².